The summed E-state index contributed by atoms with van der Waals surface area (Å²) in [5, 5.41) is 0. The number of nitrogens with zero attached hydrogens (tertiary/aromatic N) is 1. The van der Waals surface area contributed by atoms with Crippen LogP contribution < -0.4 is 0 Å². The van der Waals surface area contributed by atoms with Gasteiger partial charge in [0, 0.05) is 11.1 Å². The second-order valence-electron chi connectivity index (χ2n) is 12.0. The highest BCUT2D eigenvalue weighted by atomic mass is 14.7. The number of pyridine rings is 1. The van der Waals surface area contributed by atoms with Crippen molar-refractivity contribution in [1.29, 1.82) is 0 Å². The van der Waals surface area contributed by atoms with Crippen LogP contribution in [0.15, 0.2) is 200 Å². The first kappa shape index (κ1) is 29.1. The van der Waals surface area contributed by atoms with Crippen LogP contribution in [0.5, 0.6) is 0 Å². The Morgan fingerprint density at radius 1 is 0.208 bits per heavy atom. The first-order valence-electron chi connectivity index (χ1n) is 16.4. The van der Waals surface area contributed by atoms with Crippen LogP contribution in [0.4, 0.5) is 0 Å². The quantitative estimate of drug-likeness (QED) is 0.175. The molecule has 0 N–H and O–H groups in total. The van der Waals surface area contributed by atoms with E-state index in [9.17, 15) is 0 Å². The smallest absolute Gasteiger partial charge is 0.0721 e. The van der Waals surface area contributed by atoms with Crippen LogP contribution in [0.2, 0.25) is 0 Å². The van der Waals surface area contributed by atoms with E-state index < -0.39 is 0 Å². The van der Waals surface area contributed by atoms with Gasteiger partial charge < -0.3 is 0 Å². The third-order valence-corrected chi connectivity index (χ3v) is 8.90. The maximum atomic E-state index is 5.43. The molecule has 1 nitrogen and oxygen atoms in total. The predicted octanol–water partition coefficient (Wildman–Crippen LogP) is 12.8. The van der Waals surface area contributed by atoms with Gasteiger partial charge in [0.25, 0.3) is 0 Å². The van der Waals surface area contributed by atoms with Crippen LogP contribution in [-0.2, 0) is 0 Å². The van der Waals surface area contributed by atoms with E-state index in [0.717, 1.165) is 44.8 Å². The Labute approximate surface area is 282 Å². The van der Waals surface area contributed by atoms with E-state index in [1.54, 1.807) is 0 Å². The van der Waals surface area contributed by atoms with Gasteiger partial charge >= 0.3 is 0 Å². The number of aromatic nitrogens is 1. The summed E-state index contributed by atoms with van der Waals surface area (Å²) in [4.78, 5) is 5.43. The Morgan fingerprint density at radius 3 is 0.938 bits per heavy atom. The van der Waals surface area contributed by atoms with Crippen molar-refractivity contribution < 1.29 is 0 Å². The SMILES string of the molecule is c1ccc(-c2cccc(-c3ccccc3-c3cc(-c4ccccc4)cc(-c4ccccc4-c4cccc(-c5ccccc5)c4)n3)c2)cc1. The van der Waals surface area contributed by atoms with E-state index in [0.29, 0.717) is 0 Å². The average Bonchev–Trinajstić information content (AvgIpc) is 3.19. The molecular weight excluding hydrogens is 579 g/mol. The molecule has 1 aromatic heterocycles. The zero-order valence-electron chi connectivity index (χ0n) is 26.5. The molecule has 226 valence electrons. The fourth-order valence-corrected chi connectivity index (χ4v) is 6.51. The number of hydrogen-bond acceptors (Lipinski definition) is 1. The van der Waals surface area contributed by atoms with E-state index in [4.69, 9.17) is 4.98 Å². The van der Waals surface area contributed by atoms with Gasteiger partial charge in [-0.25, -0.2) is 4.98 Å². The monoisotopic (exact) mass is 611 g/mol. The fraction of sp³-hybridized carbons (Fsp3) is 0. The minimum absolute atomic E-state index is 0.944. The van der Waals surface area contributed by atoms with Crippen molar-refractivity contribution in [1.82, 2.24) is 4.98 Å². The van der Waals surface area contributed by atoms with Crippen LogP contribution in [0, 0.1) is 0 Å². The van der Waals surface area contributed by atoms with Crippen molar-refractivity contribution in [3.8, 4) is 78.1 Å². The molecular formula is C47H33N. The minimum Gasteiger partial charge on any atom is -0.248 e. The summed E-state index contributed by atoms with van der Waals surface area (Å²) in [6.07, 6.45) is 0. The van der Waals surface area contributed by atoms with E-state index in [-0.39, 0.29) is 0 Å². The van der Waals surface area contributed by atoms with Crippen molar-refractivity contribution in [3.63, 3.8) is 0 Å². The van der Waals surface area contributed by atoms with Gasteiger partial charge in [-0.3, -0.25) is 0 Å². The van der Waals surface area contributed by atoms with Gasteiger partial charge in [0.2, 0.25) is 0 Å². The molecule has 0 aliphatic rings. The second kappa shape index (κ2) is 13.2. The summed E-state index contributed by atoms with van der Waals surface area (Å²) < 4.78 is 0. The molecule has 0 saturated heterocycles. The normalized spacial score (nSPS) is 10.9. The van der Waals surface area contributed by atoms with Gasteiger partial charge in [-0.1, -0.05) is 176 Å². The van der Waals surface area contributed by atoms with Crippen LogP contribution in [0.25, 0.3) is 78.1 Å². The molecule has 0 unspecified atom stereocenters. The molecule has 8 aromatic rings. The van der Waals surface area contributed by atoms with Crippen LogP contribution >= 0.6 is 0 Å². The molecule has 1 heteroatoms. The Kier molecular flexibility index (Phi) is 8.01. The first-order valence-corrected chi connectivity index (χ1v) is 16.4. The van der Waals surface area contributed by atoms with Gasteiger partial charge in [0.1, 0.15) is 0 Å². The third kappa shape index (κ3) is 5.98. The highest BCUT2D eigenvalue weighted by Gasteiger charge is 2.16. The van der Waals surface area contributed by atoms with Crippen molar-refractivity contribution in [3.05, 3.63) is 200 Å². The molecule has 0 fully saturated rings. The van der Waals surface area contributed by atoms with Crippen molar-refractivity contribution in [2.75, 3.05) is 0 Å². The van der Waals surface area contributed by atoms with E-state index >= 15 is 0 Å². The highest BCUT2D eigenvalue weighted by molar-refractivity contribution is 5.89. The van der Waals surface area contributed by atoms with Crippen molar-refractivity contribution in [2.45, 2.75) is 0 Å². The molecule has 0 radical (unpaired) electrons. The van der Waals surface area contributed by atoms with E-state index in [1.807, 2.05) is 0 Å². The van der Waals surface area contributed by atoms with E-state index in [1.165, 1.54) is 33.4 Å². The highest BCUT2D eigenvalue weighted by Crippen LogP contribution is 2.39. The second-order valence-corrected chi connectivity index (χ2v) is 12.0. The maximum Gasteiger partial charge on any atom is 0.0721 e. The molecule has 0 bridgehead atoms. The zero-order chi connectivity index (χ0) is 32.1. The first-order chi connectivity index (χ1) is 23.8. The lowest BCUT2D eigenvalue weighted by Crippen LogP contribution is -1.95. The summed E-state index contributed by atoms with van der Waals surface area (Å²) in [7, 11) is 0. The topological polar surface area (TPSA) is 12.9 Å². The number of hydrogen-bond donors (Lipinski definition) is 0. The predicted molar refractivity (Wildman–Crippen MR) is 202 cm³/mol. The Hall–Kier alpha value is -6.31. The Bertz CT molecular complexity index is 2180. The number of rotatable bonds is 7. The summed E-state index contributed by atoms with van der Waals surface area (Å²) >= 11 is 0. The van der Waals surface area contributed by atoms with Gasteiger partial charge in [0.05, 0.1) is 11.4 Å². The molecule has 48 heavy (non-hydrogen) atoms. The fourth-order valence-electron chi connectivity index (χ4n) is 6.51. The summed E-state index contributed by atoms with van der Waals surface area (Å²) in [6, 6.07) is 71.1. The lowest BCUT2D eigenvalue weighted by atomic mass is 9.91. The van der Waals surface area contributed by atoms with E-state index in [2.05, 4.69) is 200 Å². The summed E-state index contributed by atoms with van der Waals surface area (Å²) in [6.45, 7) is 0. The Balaban J connectivity index is 1.29. The lowest BCUT2D eigenvalue weighted by Gasteiger charge is -2.16. The largest absolute Gasteiger partial charge is 0.248 e. The van der Waals surface area contributed by atoms with Crippen LogP contribution in [0.1, 0.15) is 0 Å². The molecule has 0 aliphatic heterocycles. The van der Waals surface area contributed by atoms with Gasteiger partial charge in [-0.15, -0.1) is 0 Å². The van der Waals surface area contributed by atoms with Crippen molar-refractivity contribution in [2.24, 2.45) is 0 Å². The molecule has 7 aromatic carbocycles. The van der Waals surface area contributed by atoms with Gasteiger partial charge in [0.15, 0.2) is 0 Å². The molecule has 1 heterocycles. The lowest BCUT2D eigenvalue weighted by molar-refractivity contribution is 1.32. The molecule has 0 amide bonds. The summed E-state index contributed by atoms with van der Waals surface area (Å²) in [5.74, 6) is 0. The molecule has 8 rings (SSSR count). The zero-order valence-corrected chi connectivity index (χ0v) is 26.5. The Morgan fingerprint density at radius 2 is 0.521 bits per heavy atom. The van der Waals surface area contributed by atoms with Crippen LogP contribution in [-0.4, -0.2) is 4.98 Å². The third-order valence-electron chi connectivity index (χ3n) is 8.90. The molecule has 0 spiro atoms. The van der Waals surface area contributed by atoms with Gasteiger partial charge in [-0.2, -0.15) is 0 Å². The molecule has 0 atom stereocenters. The molecule has 0 saturated carbocycles. The van der Waals surface area contributed by atoms with Gasteiger partial charge in [-0.05, 0) is 79.9 Å². The van der Waals surface area contributed by atoms with Crippen LogP contribution in [0.3, 0.4) is 0 Å². The maximum absolute atomic E-state index is 5.43. The number of benzene rings is 7. The summed E-state index contributed by atoms with van der Waals surface area (Å²) in [5.41, 5.74) is 15.8. The average molecular weight is 612 g/mol. The molecule has 0 aliphatic carbocycles. The minimum atomic E-state index is 0.944. The standard InChI is InChI=1S/C47H33N/c1-4-16-34(17-5-1)37-22-14-24-39(30-37)42-26-10-12-28-44(42)46-32-41(36-20-8-3-9-21-36)33-47(48-46)45-29-13-11-27-43(45)40-25-15-23-38(31-40)35-18-6-2-7-19-35/h1-33H. The van der Waals surface area contributed by atoms with Crippen molar-refractivity contribution >= 4 is 0 Å².